The first kappa shape index (κ1) is 21.4. The number of aliphatic imine (C=N–C) groups is 1. The number of rotatable bonds is 10. The van der Waals surface area contributed by atoms with Gasteiger partial charge in [0.05, 0.1) is 13.2 Å². The van der Waals surface area contributed by atoms with Crippen LogP contribution in [0, 0.1) is 11.8 Å². The topological polar surface area (TPSA) is 84.0 Å². The van der Waals surface area contributed by atoms with E-state index in [1.165, 1.54) is 0 Å². The van der Waals surface area contributed by atoms with Gasteiger partial charge in [-0.05, 0) is 25.7 Å². The van der Waals surface area contributed by atoms with Gasteiger partial charge in [0.2, 0.25) is 5.91 Å². The standard InChI is InChI=1S/C16H30N4O3.HI/c1-17-16(20-8-7-18-15(21)14-3-4-14)19-6-2-9-22-11-13-5-10-23-12-13;/h13-14H,2-12H2,1H3,(H,18,21)(H2,17,19,20);1H. The van der Waals surface area contributed by atoms with Crippen LogP contribution >= 0.6 is 24.0 Å². The number of guanidine groups is 1. The van der Waals surface area contributed by atoms with Crippen molar-refractivity contribution in [2.75, 3.05) is 53.1 Å². The van der Waals surface area contributed by atoms with E-state index in [0.717, 1.165) is 64.6 Å². The summed E-state index contributed by atoms with van der Waals surface area (Å²) in [5, 5.41) is 9.35. The summed E-state index contributed by atoms with van der Waals surface area (Å²) >= 11 is 0. The number of carbonyl (C=O) groups is 1. The van der Waals surface area contributed by atoms with Gasteiger partial charge in [0.25, 0.3) is 0 Å². The maximum absolute atomic E-state index is 11.5. The van der Waals surface area contributed by atoms with Crippen LogP contribution in [-0.2, 0) is 14.3 Å². The van der Waals surface area contributed by atoms with Crippen molar-refractivity contribution in [3.8, 4) is 0 Å². The molecule has 1 amide bonds. The molecule has 0 aromatic heterocycles. The first-order valence-electron chi connectivity index (χ1n) is 8.67. The molecular formula is C16H31IN4O3. The zero-order valence-electron chi connectivity index (χ0n) is 14.5. The van der Waals surface area contributed by atoms with Gasteiger partial charge in [0, 0.05) is 51.7 Å². The van der Waals surface area contributed by atoms with Crippen molar-refractivity contribution >= 4 is 35.8 Å². The second kappa shape index (κ2) is 12.7. The smallest absolute Gasteiger partial charge is 0.223 e. The van der Waals surface area contributed by atoms with Crippen LogP contribution in [0.2, 0.25) is 0 Å². The highest BCUT2D eigenvalue weighted by atomic mass is 127. The lowest BCUT2D eigenvalue weighted by Gasteiger charge is -2.13. The van der Waals surface area contributed by atoms with E-state index in [1.54, 1.807) is 7.05 Å². The molecule has 1 unspecified atom stereocenters. The molecule has 2 rings (SSSR count). The Morgan fingerprint density at radius 2 is 1.92 bits per heavy atom. The predicted molar refractivity (Wildman–Crippen MR) is 105 cm³/mol. The molecule has 0 spiro atoms. The monoisotopic (exact) mass is 454 g/mol. The fourth-order valence-electron chi connectivity index (χ4n) is 2.42. The van der Waals surface area contributed by atoms with Gasteiger partial charge in [-0.2, -0.15) is 0 Å². The molecule has 2 aliphatic rings. The average Bonchev–Trinajstić information content (AvgIpc) is 3.29. The molecule has 3 N–H and O–H groups in total. The molecular weight excluding hydrogens is 423 g/mol. The minimum absolute atomic E-state index is 0. The third-order valence-electron chi connectivity index (χ3n) is 4.02. The number of ether oxygens (including phenoxy) is 2. The van der Waals surface area contributed by atoms with E-state index in [2.05, 4.69) is 20.9 Å². The van der Waals surface area contributed by atoms with E-state index < -0.39 is 0 Å². The lowest BCUT2D eigenvalue weighted by molar-refractivity contribution is -0.122. The Kier molecular flexibility index (Phi) is 11.4. The third-order valence-corrected chi connectivity index (χ3v) is 4.02. The maximum Gasteiger partial charge on any atom is 0.223 e. The van der Waals surface area contributed by atoms with Crippen LogP contribution in [-0.4, -0.2) is 65.0 Å². The number of nitrogens with one attached hydrogen (secondary N) is 3. The van der Waals surface area contributed by atoms with Crippen molar-refractivity contribution < 1.29 is 14.3 Å². The van der Waals surface area contributed by atoms with Crippen LogP contribution < -0.4 is 16.0 Å². The lowest BCUT2D eigenvalue weighted by atomic mass is 10.1. The van der Waals surface area contributed by atoms with E-state index in [9.17, 15) is 4.79 Å². The highest BCUT2D eigenvalue weighted by Crippen LogP contribution is 2.28. The van der Waals surface area contributed by atoms with Crippen LogP contribution in [0.4, 0.5) is 0 Å². The summed E-state index contributed by atoms with van der Waals surface area (Å²) in [6.07, 6.45) is 4.13. The molecule has 1 aliphatic heterocycles. The number of carbonyl (C=O) groups excluding carboxylic acids is 1. The van der Waals surface area contributed by atoms with Gasteiger partial charge in [-0.3, -0.25) is 9.79 Å². The SMILES string of the molecule is CN=C(NCCCOCC1CCOC1)NCCNC(=O)C1CC1.I. The van der Waals surface area contributed by atoms with Crippen molar-refractivity contribution in [2.24, 2.45) is 16.8 Å². The largest absolute Gasteiger partial charge is 0.381 e. The molecule has 8 heteroatoms. The highest BCUT2D eigenvalue weighted by Gasteiger charge is 2.28. The molecule has 1 saturated carbocycles. The second-order valence-electron chi connectivity index (χ2n) is 6.15. The van der Waals surface area contributed by atoms with Gasteiger partial charge in [-0.15, -0.1) is 24.0 Å². The van der Waals surface area contributed by atoms with Gasteiger partial charge in [-0.1, -0.05) is 0 Å². The van der Waals surface area contributed by atoms with Crippen LogP contribution in [0.25, 0.3) is 0 Å². The molecule has 0 radical (unpaired) electrons. The normalized spacial score (nSPS) is 20.4. The Balaban J connectivity index is 0.00000288. The molecule has 140 valence electrons. The number of nitrogens with zero attached hydrogens (tertiary/aromatic N) is 1. The van der Waals surface area contributed by atoms with Gasteiger partial charge in [0.1, 0.15) is 0 Å². The summed E-state index contributed by atoms with van der Waals surface area (Å²) in [6.45, 7) is 5.38. The number of hydrogen-bond acceptors (Lipinski definition) is 4. The predicted octanol–water partition coefficient (Wildman–Crippen LogP) is 0.739. The van der Waals surface area contributed by atoms with E-state index in [4.69, 9.17) is 9.47 Å². The Morgan fingerprint density at radius 3 is 2.58 bits per heavy atom. The molecule has 1 aliphatic carbocycles. The highest BCUT2D eigenvalue weighted by molar-refractivity contribution is 14.0. The molecule has 0 bridgehead atoms. The molecule has 1 saturated heterocycles. The first-order chi connectivity index (χ1) is 11.3. The lowest BCUT2D eigenvalue weighted by Crippen LogP contribution is -2.42. The van der Waals surface area contributed by atoms with Gasteiger partial charge in [-0.25, -0.2) is 0 Å². The number of halogens is 1. The third kappa shape index (κ3) is 9.03. The van der Waals surface area contributed by atoms with E-state index in [-0.39, 0.29) is 35.8 Å². The van der Waals surface area contributed by atoms with Crippen molar-refractivity contribution in [3.63, 3.8) is 0 Å². The van der Waals surface area contributed by atoms with E-state index >= 15 is 0 Å². The number of hydrogen-bond donors (Lipinski definition) is 3. The van der Waals surface area contributed by atoms with Gasteiger partial charge >= 0.3 is 0 Å². The Morgan fingerprint density at radius 1 is 1.17 bits per heavy atom. The summed E-state index contributed by atoms with van der Waals surface area (Å²) in [5.74, 6) is 1.78. The quantitative estimate of drug-likeness (QED) is 0.196. The minimum Gasteiger partial charge on any atom is -0.381 e. The summed E-state index contributed by atoms with van der Waals surface area (Å²) < 4.78 is 11.0. The first-order valence-corrected chi connectivity index (χ1v) is 8.67. The zero-order valence-corrected chi connectivity index (χ0v) is 16.8. The molecule has 24 heavy (non-hydrogen) atoms. The Bertz CT molecular complexity index is 386. The van der Waals surface area contributed by atoms with Crippen molar-refractivity contribution in [3.05, 3.63) is 0 Å². The van der Waals surface area contributed by atoms with Crippen LogP contribution in [0.3, 0.4) is 0 Å². The number of amides is 1. The maximum atomic E-state index is 11.5. The molecule has 1 atom stereocenters. The minimum atomic E-state index is 0. The average molecular weight is 454 g/mol. The molecule has 1 heterocycles. The van der Waals surface area contributed by atoms with Gasteiger partial charge in [0.15, 0.2) is 5.96 Å². The Hall–Kier alpha value is -0.610. The van der Waals surface area contributed by atoms with Crippen LogP contribution in [0.5, 0.6) is 0 Å². The van der Waals surface area contributed by atoms with Crippen molar-refractivity contribution in [1.29, 1.82) is 0 Å². The fraction of sp³-hybridized carbons (Fsp3) is 0.875. The summed E-state index contributed by atoms with van der Waals surface area (Å²) in [7, 11) is 1.74. The van der Waals surface area contributed by atoms with E-state index in [1.807, 2.05) is 0 Å². The van der Waals surface area contributed by atoms with Crippen LogP contribution in [0.1, 0.15) is 25.7 Å². The van der Waals surface area contributed by atoms with Gasteiger partial charge < -0.3 is 25.4 Å². The molecule has 2 fully saturated rings. The van der Waals surface area contributed by atoms with Crippen molar-refractivity contribution in [2.45, 2.75) is 25.7 Å². The summed E-state index contributed by atoms with van der Waals surface area (Å²) in [4.78, 5) is 15.6. The summed E-state index contributed by atoms with van der Waals surface area (Å²) in [6, 6.07) is 0. The zero-order chi connectivity index (χ0) is 16.3. The molecule has 0 aromatic carbocycles. The molecule has 0 aromatic rings. The molecule has 7 nitrogen and oxygen atoms in total. The second-order valence-corrected chi connectivity index (χ2v) is 6.15. The fourth-order valence-corrected chi connectivity index (χ4v) is 2.42. The van der Waals surface area contributed by atoms with Crippen molar-refractivity contribution in [1.82, 2.24) is 16.0 Å². The van der Waals surface area contributed by atoms with E-state index in [0.29, 0.717) is 19.0 Å². The Labute approximate surface area is 161 Å². The summed E-state index contributed by atoms with van der Waals surface area (Å²) in [5.41, 5.74) is 0. The van der Waals surface area contributed by atoms with Crippen LogP contribution in [0.15, 0.2) is 4.99 Å².